The maximum absolute atomic E-state index is 13.3. The summed E-state index contributed by atoms with van der Waals surface area (Å²) < 4.78 is 33.1. The van der Waals surface area contributed by atoms with Crippen LogP contribution in [0.4, 0.5) is 14.5 Å². The maximum atomic E-state index is 13.3. The highest BCUT2D eigenvalue weighted by Gasteiger charge is 2.20. The molecule has 1 N–H and O–H groups in total. The van der Waals surface area contributed by atoms with Gasteiger partial charge in [0.15, 0.2) is 5.65 Å². The van der Waals surface area contributed by atoms with Crippen LogP contribution in [-0.4, -0.2) is 27.8 Å². The van der Waals surface area contributed by atoms with E-state index in [1.54, 1.807) is 32.0 Å². The Balaban J connectivity index is 1.88. The zero-order valence-electron chi connectivity index (χ0n) is 14.9. The number of ether oxygens (including phenoxy) is 1. The van der Waals surface area contributed by atoms with Crippen molar-refractivity contribution >= 4 is 34.2 Å². The molecule has 0 aliphatic carbocycles. The van der Waals surface area contributed by atoms with Crippen LogP contribution in [0.2, 0.25) is 5.02 Å². The zero-order valence-corrected chi connectivity index (χ0v) is 15.6. The van der Waals surface area contributed by atoms with Crippen molar-refractivity contribution in [2.45, 2.75) is 26.8 Å². The molecule has 0 bridgehead atoms. The number of carbonyl (C=O) groups excluding carboxylic acids is 1. The number of carbonyl (C=O) groups is 1. The van der Waals surface area contributed by atoms with Crippen LogP contribution in [0, 0.1) is 13.8 Å². The smallest absolute Gasteiger partial charge is 0.264 e. The lowest BCUT2D eigenvalue weighted by Gasteiger charge is -2.09. The lowest BCUT2D eigenvalue weighted by atomic mass is 10.1. The number of amides is 1. The first-order valence-corrected chi connectivity index (χ1v) is 8.44. The van der Waals surface area contributed by atoms with E-state index in [-0.39, 0.29) is 29.0 Å². The topological polar surface area (TPSA) is 69.0 Å². The van der Waals surface area contributed by atoms with E-state index < -0.39 is 6.43 Å². The monoisotopic (exact) mass is 394 g/mol. The number of alkyl halides is 2. The first-order chi connectivity index (χ1) is 12.8. The van der Waals surface area contributed by atoms with Crippen LogP contribution in [0.5, 0.6) is 5.75 Å². The highest BCUT2D eigenvalue weighted by Crippen LogP contribution is 2.30. The molecule has 0 aliphatic rings. The Kier molecular flexibility index (Phi) is 5.27. The molecule has 3 aromatic rings. The summed E-state index contributed by atoms with van der Waals surface area (Å²) in [6, 6.07) is 6.17. The quantitative estimate of drug-likeness (QED) is 0.701. The third-order valence-corrected chi connectivity index (χ3v) is 4.30. The summed E-state index contributed by atoms with van der Waals surface area (Å²) in [5, 5.41) is 7.54. The van der Waals surface area contributed by atoms with Gasteiger partial charge >= 0.3 is 0 Å². The fourth-order valence-electron chi connectivity index (χ4n) is 2.88. The zero-order chi connectivity index (χ0) is 19.7. The Morgan fingerprint density at radius 3 is 2.70 bits per heavy atom. The molecule has 1 aromatic carbocycles. The summed E-state index contributed by atoms with van der Waals surface area (Å²) in [4.78, 5) is 16.7. The SMILES string of the molecule is COc1ccc(NC(=O)Cn2nc(C)c3c(C(F)F)cc(C)nc32)cc1Cl. The molecule has 2 aromatic heterocycles. The summed E-state index contributed by atoms with van der Waals surface area (Å²) in [5.74, 6) is 0.102. The molecule has 6 nitrogen and oxygen atoms in total. The molecule has 0 saturated carbocycles. The van der Waals surface area contributed by atoms with E-state index in [1.807, 2.05) is 0 Å². The Hall–Kier alpha value is -2.74. The van der Waals surface area contributed by atoms with Gasteiger partial charge in [-0.05, 0) is 38.1 Å². The van der Waals surface area contributed by atoms with Crippen molar-refractivity contribution in [3.8, 4) is 5.75 Å². The van der Waals surface area contributed by atoms with E-state index in [2.05, 4.69) is 15.4 Å². The van der Waals surface area contributed by atoms with Crippen LogP contribution in [0.3, 0.4) is 0 Å². The Morgan fingerprint density at radius 2 is 2.07 bits per heavy atom. The largest absolute Gasteiger partial charge is 0.495 e. The second-order valence-corrected chi connectivity index (χ2v) is 6.40. The van der Waals surface area contributed by atoms with Crippen molar-refractivity contribution in [3.63, 3.8) is 0 Å². The summed E-state index contributed by atoms with van der Waals surface area (Å²) in [6.07, 6.45) is -2.65. The number of methoxy groups -OCH3 is 1. The number of aromatic nitrogens is 3. The molecule has 27 heavy (non-hydrogen) atoms. The van der Waals surface area contributed by atoms with Crippen LogP contribution >= 0.6 is 11.6 Å². The minimum absolute atomic E-state index is 0.136. The van der Waals surface area contributed by atoms with E-state index in [0.29, 0.717) is 27.8 Å². The van der Waals surface area contributed by atoms with E-state index in [9.17, 15) is 13.6 Å². The Labute approximate surface area is 159 Å². The predicted molar refractivity (Wildman–Crippen MR) is 98.6 cm³/mol. The molecule has 0 atom stereocenters. The molecule has 0 saturated heterocycles. The summed E-state index contributed by atoms with van der Waals surface area (Å²) in [7, 11) is 1.49. The van der Waals surface area contributed by atoms with Crippen molar-refractivity contribution in [2.24, 2.45) is 0 Å². The normalized spacial score (nSPS) is 11.2. The number of fused-ring (bicyclic) bond motifs is 1. The van der Waals surface area contributed by atoms with Crippen LogP contribution in [0.25, 0.3) is 11.0 Å². The average molecular weight is 395 g/mol. The summed E-state index contributed by atoms with van der Waals surface area (Å²) in [5.41, 5.74) is 1.43. The Morgan fingerprint density at radius 1 is 1.33 bits per heavy atom. The number of hydrogen-bond donors (Lipinski definition) is 1. The lowest BCUT2D eigenvalue weighted by molar-refractivity contribution is -0.116. The third kappa shape index (κ3) is 3.85. The van der Waals surface area contributed by atoms with Gasteiger partial charge in [-0.25, -0.2) is 18.4 Å². The predicted octanol–water partition coefficient (Wildman–Crippen LogP) is 4.29. The number of nitrogens with zero attached hydrogens (tertiary/aromatic N) is 3. The van der Waals surface area contributed by atoms with Gasteiger partial charge in [-0.1, -0.05) is 11.6 Å². The van der Waals surface area contributed by atoms with Gasteiger partial charge in [-0.3, -0.25) is 4.79 Å². The molecule has 0 aliphatic heterocycles. The van der Waals surface area contributed by atoms with Gasteiger partial charge in [0, 0.05) is 16.9 Å². The number of pyridine rings is 1. The number of rotatable bonds is 5. The van der Waals surface area contributed by atoms with Gasteiger partial charge in [0.2, 0.25) is 5.91 Å². The molecular formula is C18H17ClF2N4O2. The van der Waals surface area contributed by atoms with Crippen molar-refractivity contribution in [1.29, 1.82) is 0 Å². The third-order valence-electron chi connectivity index (χ3n) is 4.00. The van der Waals surface area contributed by atoms with Crippen molar-refractivity contribution in [3.05, 3.63) is 46.2 Å². The van der Waals surface area contributed by atoms with Crippen LogP contribution < -0.4 is 10.1 Å². The van der Waals surface area contributed by atoms with Gasteiger partial charge in [-0.2, -0.15) is 5.10 Å². The molecule has 1 amide bonds. The van der Waals surface area contributed by atoms with Crippen molar-refractivity contribution in [2.75, 3.05) is 12.4 Å². The van der Waals surface area contributed by atoms with Gasteiger partial charge in [0.1, 0.15) is 12.3 Å². The van der Waals surface area contributed by atoms with Gasteiger partial charge in [0.25, 0.3) is 6.43 Å². The standard InChI is InChI=1S/C18H17ClF2N4O2/c1-9-6-12(17(20)21)16-10(2)24-25(18(16)22-9)8-15(26)23-11-4-5-14(27-3)13(19)7-11/h4-7,17H,8H2,1-3H3,(H,23,26). The van der Waals surface area contributed by atoms with Crippen LogP contribution in [0.1, 0.15) is 23.4 Å². The van der Waals surface area contributed by atoms with E-state index in [0.717, 1.165) is 0 Å². The number of benzene rings is 1. The molecule has 0 radical (unpaired) electrons. The number of anilines is 1. The maximum Gasteiger partial charge on any atom is 0.264 e. The van der Waals surface area contributed by atoms with Crippen LogP contribution in [0.15, 0.2) is 24.3 Å². The van der Waals surface area contributed by atoms with Gasteiger partial charge < -0.3 is 10.1 Å². The lowest BCUT2D eigenvalue weighted by Crippen LogP contribution is -2.20. The van der Waals surface area contributed by atoms with Gasteiger partial charge in [0.05, 0.1) is 23.2 Å². The van der Waals surface area contributed by atoms with Crippen molar-refractivity contribution in [1.82, 2.24) is 14.8 Å². The fraction of sp³-hybridized carbons (Fsp3) is 0.278. The first-order valence-electron chi connectivity index (χ1n) is 8.06. The molecule has 142 valence electrons. The second kappa shape index (κ2) is 7.48. The molecule has 0 spiro atoms. The summed E-state index contributed by atoms with van der Waals surface area (Å²) in [6.45, 7) is 3.06. The molecular weight excluding hydrogens is 378 g/mol. The average Bonchev–Trinajstić information content (AvgIpc) is 2.89. The number of nitrogens with one attached hydrogen (secondary N) is 1. The molecule has 2 heterocycles. The molecule has 0 fully saturated rings. The fourth-order valence-corrected chi connectivity index (χ4v) is 3.14. The molecule has 9 heteroatoms. The number of hydrogen-bond acceptors (Lipinski definition) is 4. The van der Waals surface area contributed by atoms with Crippen molar-refractivity contribution < 1.29 is 18.3 Å². The second-order valence-electron chi connectivity index (χ2n) is 5.99. The Bertz CT molecular complexity index is 1020. The first kappa shape index (κ1) is 19.0. The molecule has 3 rings (SSSR count). The minimum Gasteiger partial charge on any atom is -0.495 e. The van der Waals surface area contributed by atoms with Crippen LogP contribution in [-0.2, 0) is 11.3 Å². The minimum atomic E-state index is -2.65. The summed E-state index contributed by atoms with van der Waals surface area (Å²) >= 11 is 6.04. The highest BCUT2D eigenvalue weighted by atomic mass is 35.5. The van der Waals surface area contributed by atoms with E-state index in [1.165, 1.54) is 17.9 Å². The number of halogens is 3. The molecule has 0 unspecified atom stereocenters. The highest BCUT2D eigenvalue weighted by molar-refractivity contribution is 6.32. The van der Waals surface area contributed by atoms with Gasteiger partial charge in [-0.15, -0.1) is 0 Å². The van der Waals surface area contributed by atoms with E-state index in [4.69, 9.17) is 16.3 Å². The van der Waals surface area contributed by atoms with E-state index >= 15 is 0 Å². The number of aryl methyl sites for hydroxylation is 2.